The Morgan fingerprint density at radius 1 is 0.963 bits per heavy atom. The minimum Gasteiger partial charge on any atom is -0.407 e. The fraction of sp³-hybridized carbons (Fsp3) is 0.550. The number of benzene rings is 1. The van der Waals surface area contributed by atoms with Crippen molar-refractivity contribution in [3.63, 3.8) is 0 Å². The van der Waals surface area contributed by atoms with Gasteiger partial charge in [-0.15, -0.1) is 0 Å². The van der Waals surface area contributed by atoms with Crippen molar-refractivity contribution in [3.8, 4) is 0 Å². The zero-order chi connectivity index (χ0) is 18.8. The molecular weight excluding hydrogens is 346 g/mol. The highest BCUT2D eigenvalue weighted by Gasteiger charge is 2.29. The smallest absolute Gasteiger partial charge is 0.407 e. The third kappa shape index (κ3) is 3.63. The van der Waals surface area contributed by atoms with Crippen molar-refractivity contribution < 1.29 is 14.0 Å². The highest BCUT2D eigenvalue weighted by atomic mass is 16.4. The molecule has 1 saturated heterocycles. The number of nitrogens with zero attached hydrogens (tertiary/aromatic N) is 2. The fourth-order valence-corrected chi connectivity index (χ4v) is 4.26. The van der Waals surface area contributed by atoms with Gasteiger partial charge >= 0.3 is 5.76 Å². The molecule has 0 radical (unpaired) electrons. The molecule has 4 rings (SSSR count). The van der Waals surface area contributed by atoms with Crippen LogP contribution in [-0.4, -0.2) is 52.8 Å². The van der Waals surface area contributed by atoms with Gasteiger partial charge in [0.15, 0.2) is 5.58 Å². The van der Waals surface area contributed by atoms with E-state index in [-0.39, 0.29) is 17.7 Å². The molecule has 27 heavy (non-hydrogen) atoms. The van der Waals surface area contributed by atoms with E-state index in [1.165, 1.54) is 6.42 Å². The van der Waals surface area contributed by atoms with Gasteiger partial charge in [0.05, 0.1) is 11.1 Å². The number of oxazole rings is 1. The number of carbonyl (C=O) groups is 2. The maximum atomic E-state index is 13.0. The maximum absolute atomic E-state index is 13.0. The lowest BCUT2D eigenvalue weighted by molar-refractivity contribution is -0.136. The largest absolute Gasteiger partial charge is 0.417 e. The van der Waals surface area contributed by atoms with E-state index in [4.69, 9.17) is 4.42 Å². The Kier molecular flexibility index (Phi) is 5.01. The third-order valence-electron chi connectivity index (χ3n) is 5.73. The Morgan fingerprint density at radius 2 is 1.70 bits per heavy atom. The molecule has 7 heteroatoms. The van der Waals surface area contributed by atoms with Crippen LogP contribution in [0.15, 0.2) is 27.4 Å². The van der Waals surface area contributed by atoms with Gasteiger partial charge in [0, 0.05) is 32.1 Å². The molecule has 1 aromatic heterocycles. The van der Waals surface area contributed by atoms with Crippen molar-refractivity contribution in [1.29, 1.82) is 0 Å². The minimum absolute atomic E-state index is 0.156. The van der Waals surface area contributed by atoms with Crippen molar-refractivity contribution >= 4 is 22.9 Å². The summed E-state index contributed by atoms with van der Waals surface area (Å²) in [5, 5.41) is 0. The van der Waals surface area contributed by atoms with E-state index < -0.39 is 5.76 Å². The Morgan fingerprint density at radius 3 is 2.52 bits per heavy atom. The molecule has 1 saturated carbocycles. The van der Waals surface area contributed by atoms with Crippen molar-refractivity contribution in [2.45, 2.75) is 38.5 Å². The quantitative estimate of drug-likeness (QED) is 0.878. The molecule has 0 atom stereocenters. The summed E-state index contributed by atoms with van der Waals surface area (Å²) >= 11 is 0. The molecule has 0 spiro atoms. The topological polar surface area (TPSA) is 86.6 Å². The Balaban J connectivity index is 1.46. The molecule has 1 N–H and O–H groups in total. The number of nitrogens with one attached hydrogen (secondary N) is 1. The predicted octanol–water partition coefficient (Wildman–Crippen LogP) is 2.38. The number of hydrogen-bond donors (Lipinski definition) is 1. The van der Waals surface area contributed by atoms with E-state index >= 15 is 0 Å². The molecule has 2 amide bonds. The summed E-state index contributed by atoms with van der Waals surface area (Å²) in [7, 11) is 0. The molecule has 1 aliphatic heterocycles. The zero-order valence-corrected chi connectivity index (χ0v) is 15.4. The van der Waals surface area contributed by atoms with Crippen molar-refractivity contribution in [1.82, 2.24) is 14.8 Å². The van der Waals surface area contributed by atoms with Crippen LogP contribution < -0.4 is 5.76 Å². The molecule has 1 aromatic carbocycles. The normalized spacial score (nSPS) is 19.3. The summed E-state index contributed by atoms with van der Waals surface area (Å²) in [6.07, 6.45) is 6.25. The van der Waals surface area contributed by atoms with E-state index in [1.54, 1.807) is 23.1 Å². The van der Waals surface area contributed by atoms with Crippen molar-refractivity contribution in [2.75, 3.05) is 26.2 Å². The van der Waals surface area contributed by atoms with Gasteiger partial charge in [-0.3, -0.25) is 14.6 Å². The molecule has 144 valence electrons. The summed E-state index contributed by atoms with van der Waals surface area (Å²) < 4.78 is 5.16. The van der Waals surface area contributed by atoms with Gasteiger partial charge in [-0.05, 0) is 31.4 Å². The van der Waals surface area contributed by atoms with E-state index in [1.807, 2.05) is 4.90 Å². The van der Waals surface area contributed by atoms with Crippen LogP contribution >= 0.6 is 0 Å². The Bertz CT molecular complexity index is 894. The molecule has 0 bridgehead atoms. The zero-order valence-electron chi connectivity index (χ0n) is 15.4. The van der Waals surface area contributed by atoms with Gasteiger partial charge in [0.2, 0.25) is 5.91 Å². The first kappa shape index (κ1) is 17.8. The van der Waals surface area contributed by atoms with Crippen molar-refractivity contribution in [3.05, 3.63) is 34.3 Å². The lowest BCUT2D eigenvalue weighted by Crippen LogP contribution is -2.40. The summed E-state index contributed by atoms with van der Waals surface area (Å²) in [6.45, 7) is 2.36. The number of aromatic amines is 1. The van der Waals surface area contributed by atoms with E-state index in [2.05, 4.69) is 4.98 Å². The van der Waals surface area contributed by atoms with Crippen LogP contribution in [0.5, 0.6) is 0 Å². The summed E-state index contributed by atoms with van der Waals surface area (Å²) in [6, 6.07) is 5.12. The van der Waals surface area contributed by atoms with E-state index in [0.29, 0.717) is 42.8 Å². The monoisotopic (exact) mass is 371 g/mol. The summed E-state index contributed by atoms with van der Waals surface area (Å²) in [5.41, 5.74) is 1.21. The van der Waals surface area contributed by atoms with Crippen LogP contribution in [0.4, 0.5) is 0 Å². The van der Waals surface area contributed by atoms with E-state index in [0.717, 1.165) is 32.1 Å². The second-order valence-electron chi connectivity index (χ2n) is 7.50. The Labute approximate surface area is 157 Å². The van der Waals surface area contributed by atoms with Crippen LogP contribution in [0.3, 0.4) is 0 Å². The number of amides is 2. The molecule has 2 heterocycles. The summed E-state index contributed by atoms with van der Waals surface area (Å²) in [4.78, 5) is 43.5. The molecule has 1 aliphatic carbocycles. The molecular formula is C20H25N3O4. The number of aromatic nitrogens is 1. The third-order valence-corrected chi connectivity index (χ3v) is 5.73. The van der Waals surface area contributed by atoms with Gasteiger partial charge < -0.3 is 14.2 Å². The van der Waals surface area contributed by atoms with Gasteiger partial charge in [-0.25, -0.2) is 4.79 Å². The second-order valence-corrected chi connectivity index (χ2v) is 7.50. The van der Waals surface area contributed by atoms with Crippen LogP contribution in [0.25, 0.3) is 11.1 Å². The number of hydrogen-bond acceptors (Lipinski definition) is 4. The number of carbonyl (C=O) groups excluding carboxylic acids is 2. The van der Waals surface area contributed by atoms with Gasteiger partial charge in [0.25, 0.3) is 5.91 Å². The van der Waals surface area contributed by atoms with Crippen molar-refractivity contribution in [2.24, 2.45) is 5.92 Å². The van der Waals surface area contributed by atoms with Gasteiger partial charge in [-0.2, -0.15) is 0 Å². The van der Waals surface area contributed by atoms with Crippen LogP contribution in [0, 0.1) is 5.92 Å². The molecule has 2 aliphatic rings. The number of H-pyrrole nitrogens is 1. The number of fused-ring (bicyclic) bond motifs is 1. The van der Waals surface area contributed by atoms with Gasteiger partial charge in [0.1, 0.15) is 0 Å². The highest BCUT2D eigenvalue weighted by molar-refractivity contribution is 6.04. The van der Waals surface area contributed by atoms with Crippen LogP contribution in [0.1, 0.15) is 48.9 Å². The minimum atomic E-state index is -0.564. The van der Waals surface area contributed by atoms with Gasteiger partial charge in [-0.1, -0.05) is 25.3 Å². The second kappa shape index (κ2) is 7.58. The molecule has 2 aromatic rings. The fourth-order valence-electron chi connectivity index (χ4n) is 4.26. The molecule has 2 fully saturated rings. The lowest BCUT2D eigenvalue weighted by atomic mass is 9.88. The average molecular weight is 371 g/mol. The SMILES string of the molecule is O=C(c1cccc2[nH]c(=O)oc12)N1CCCN(C(=O)C2CCCCC2)CC1. The predicted molar refractivity (Wildman–Crippen MR) is 101 cm³/mol. The average Bonchev–Trinajstić information content (AvgIpc) is 2.91. The maximum Gasteiger partial charge on any atom is 0.417 e. The number of rotatable bonds is 2. The lowest BCUT2D eigenvalue weighted by Gasteiger charge is -2.28. The first-order chi connectivity index (χ1) is 13.1. The van der Waals surface area contributed by atoms with Crippen LogP contribution in [0.2, 0.25) is 0 Å². The standard InChI is InChI=1S/C20H25N3O4/c24-18(14-6-2-1-3-7-14)22-10-5-11-23(13-12-22)19(25)15-8-4-9-16-17(15)27-20(26)21-16/h4,8-9,14H,1-3,5-7,10-13H2,(H,21,26). The number of para-hydroxylation sites is 1. The first-order valence-corrected chi connectivity index (χ1v) is 9.83. The Hall–Kier alpha value is -2.57. The summed E-state index contributed by atoms with van der Waals surface area (Å²) in [5.74, 6) is -0.313. The first-order valence-electron chi connectivity index (χ1n) is 9.83. The molecule has 0 unspecified atom stereocenters. The van der Waals surface area contributed by atoms with E-state index in [9.17, 15) is 14.4 Å². The highest BCUT2D eigenvalue weighted by Crippen LogP contribution is 2.26. The van der Waals surface area contributed by atoms with Crippen LogP contribution in [-0.2, 0) is 4.79 Å². The molecule has 7 nitrogen and oxygen atoms in total.